The number of likely N-dealkylation sites (N-methyl/N-ethyl adjacent to an activating group) is 1. The molecular formula is C17H24N4O5S. The van der Waals surface area contributed by atoms with Gasteiger partial charge in [0.1, 0.15) is 0 Å². The summed E-state index contributed by atoms with van der Waals surface area (Å²) in [5, 5.41) is 2.48. The number of hydrazine groups is 1. The maximum atomic E-state index is 12.4. The molecule has 3 amide bonds. The highest BCUT2D eigenvalue weighted by Gasteiger charge is 2.39. The summed E-state index contributed by atoms with van der Waals surface area (Å²) in [5.74, 6) is -1.21. The third kappa shape index (κ3) is 5.76. The van der Waals surface area contributed by atoms with Crippen LogP contribution in [-0.2, 0) is 24.4 Å². The van der Waals surface area contributed by atoms with Crippen LogP contribution in [0.4, 0.5) is 0 Å². The number of amides is 3. The molecule has 3 N–H and O–H groups in total. The van der Waals surface area contributed by atoms with E-state index < -0.39 is 28.4 Å². The van der Waals surface area contributed by atoms with E-state index in [1.54, 1.807) is 12.1 Å². The van der Waals surface area contributed by atoms with E-state index in [1.165, 1.54) is 19.2 Å². The smallest absolute Gasteiger partial charge is 0.257 e. The Labute approximate surface area is 158 Å². The monoisotopic (exact) mass is 396 g/mol. The molecule has 2 unspecified atom stereocenters. The lowest BCUT2D eigenvalue weighted by Gasteiger charge is -2.17. The minimum atomic E-state index is -3.82. The molecule has 27 heavy (non-hydrogen) atoms. The molecule has 0 spiro atoms. The average molecular weight is 396 g/mol. The van der Waals surface area contributed by atoms with Gasteiger partial charge in [-0.25, -0.2) is 8.42 Å². The fraction of sp³-hybridized carbons (Fsp3) is 0.471. The summed E-state index contributed by atoms with van der Waals surface area (Å²) >= 11 is 0. The minimum Gasteiger partial charge on any atom is -0.347 e. The van der Waals surface area contributed by atoms with Crippen molar-refractivity contribution < 1.29 is 22.8 Å². The molecule has 1 aromatic rings. The predicted molar refractivity (Wildman–Crippen MR) is 97.6 cm³/mol. The van der Waals surface area contributed by atoms with Crippen molar-refractivity contribution in [2.24, 2.45) is 11.8 Å². The number of nitrogens with zero attached hydrogens (tertiary/aromatic N) is 1. The van der Waals surface area contributed by atoms with Gasteiger partial charge in [-0.15, -0.1) is 0 Å². The molecular weight excluding hydrogens is 372 g/mol. The Kier molecular flexibility index (Phi) is 6.55. The van der Waals surface area contributed by atoms with Gasteiger partial charge >= 0.3 is 0 Å². The van der Waals surface area contributed by atoms with E-state index in [1.807, 2.05) is 13.8 Å². The highest BCUT2D eigenvalue weighted by atomic mass is 32.2. The number of hydrogen-bond acceptors (Lipinski definition) is 5. The first kappa shape index (κ1) is 20.8. The quantitative estimate of drug-likeness (QED) is 0.538. The lowest BCUT2D eigenvalue weighted by Crippen LogP contribution is -2.49. The summed E-state index contributed by atoms with van der Waals surface area (Å²) in [5.41, 5.74) is 5.18. The van der Waals surface area contributed by atoms with E-state index in [0.29, 0.717) is 5.92 Å². The van der Waals surface area contributed by atoms with Gasteiger partial charge in [-0.05, 0) is 31.4 Å². The number of sulfonamides is 1. The van der Waals surface area contributed by atoms with Crippen LogP contribution in [-0.4, -0.2) is 50.6 Å². The highest BCUT2D eigenvalue weighted by molar-refractivity contribution is 7.89. The lowest BCUT2D eigenvalue weighted by molar-refractivity contribution is -0.130. The van der Waals surface area contributed by atoms with E-state index in [9.17, 15) is 22.8 Å². The average Bonchev–Trinajstić information content (AvgIpc) is 3.35. The molecule has 0 aliphatic heterocycles. The summed E-state index contributed by atoms with van der Waals surface area (Å²) in [7, 11) is -2.54. The second-order valence-electron chi connectivity index (χ2n) is 6.71. The molecule has 1 aliphatic carbocycles. The van der Waals surface area contributed by atoms with Gasteiger partial charge in [0.15, 0.2) is 0 Å². The Morgan fingerprint density at radius 3 is 2.22 bits per heavy atom. The minimum absolute atomic E-state index is 0.0481. The van der Waals surface area contributed by atoms with Crippen LogP contribution in [0.3, 0.4) is 0 Å². The van der Waals surface area contributed by atoms with Crippen molar-refractivity contribution in [3.05, 3.63) is 29.8 Å². The van der Waals surface area contributed by atoms with Crippen molar-refractivity contribution in [3.63, 3.8) is 0 Å². The molecule has 10 heteroatoms. The van der Waals surface area contributed by atoms with Crippen LogP contribution >= 0.6 is 0 Å². The standard InChI is InChI=1S/C17H24N4O5S/c1-11-4-6-13(7-5-11)27(25,26)21(3)10-16(23)20-19-15(22)9-18-17(24)14-8-12(14)2/h4-7,12,14H,8-10H2,1-3H3,(H,18,24)(H,19,22)(H,20,23). The zero-order valence-corrected chi connectivity index (χ0v) is 16.3. The van der Waals surface area contributed by atoms with E-state index in [2.05, 4.69) is 16.2 Å². The van der Waals surface area contributed by atoms with Gasteiger partial charge in [-0.3, -0.25) is 25.2 Å². The molecule has 2 rings (SSSR count). The summed E-state index contributed by atoms with van der Waals surface area (Å²) in [6.07, 6.45) is 0.811. The number of nitrogens with one attached hydrogen (secondary N) is 3. The predicted octanol–water partition coefficient (Wildman–Crippen LogP) is -0.465. The maximum Gasteiger partial charge on any atom is 0.257 e. The van der Waals surface area contributed by atoms with Crippen LogP contribution in [0, 0.1) is 18.8 Å². The number of carbonyl (C=O) groups is 3. The first-order chi connectivity index (χ1) is 12.6. The third-order valence-electron chi connectivity index (χ3n) is 4.31. The fourth-order valence-electron chi connectivity index (χ4n) is 2.39. The van der Waals surface area contributed by atoms with Gasteiger partial charge in [0.05, 0.1) is 18.0 Å². The molecule has 1 fully saturated rings. The zero-order chi connectivity index (χ0) is 20.2. The Bertz CT molecular complexity index is 822. The summed E-state index contributed by atoms with van der Waals surface area (Å²) in [6, 6.07) is 6.25. The molecule has 1 aliphatic rings. The van der Waals surface area contributed by atoms with Crippen molar-refractivity contribution in [1.82, 2.24) is 20.5 Å². The zero-order valence-electron chi connectivity index (χ0n) is 15.5. The van der Waals surface area contributed by atoms with Crippen LogP contribution in [0.5, 0.6) is 0 Å². The largest absolute Gasteiger partial charge is 0.347 e. The number of aryl methyl sites for hydroxylation is 1. The SMILES string of the molecule is Cc1ccc(S(=O)(=O)N(C)CC(=O)NNC(=O)CNC(=O)C2CC2C)cc1. The van der Waals surface area contributed by atoms with Crippen molar-refractivity contribution in [2.75, 3.05) is 20.1 Å². The normalized spacial score (nSPS) is 18.7. The van der Waals surface area contributed by atoms with Crippen LogP contribution in [0.2, 0.25) is 0 Å². The van der Waals surface area contributed by atoms with Crippen LogP contribution < -0.4 is 16.2 Å². The molecule has 1 saturated carbocycles. The first-order valence-corrected chi connectivity index (χ1v) is 9.93. The van der Waals surface area contributed by atoms with Crippen LogP contribution in [0.1, 0.15) is 18.9 Å². The molecule has 0 saturated heterocycles. The summed E-state index contributed by atoms with van der Waals surface area (Å²) in [4.78, 5) is 35.2. The van der Waals surface area contributed by atoms with Crippen LogP contribution in [0.25, 0.3) is 0 Å². The van der Waals surface area contributed by atoms with Crippen molar-refractivity contribution in [1.29, 1.82) is 0 Å². The van der Waals surface area contributed by atoms with E-state index in [4.69, 9.17) is 0 Å². The van der Waals surface area contributed by atoms with Gasteiger partial charge in [0, 0.05) is 13.0 Å². The second-order valence-corrected chi connectivity index (χ2v) is 8.75. The topological polar surface area (TPSA) is 125 Å². The van der Waals surface area contributed by atoms with Crippen LogP contribution in [0.15, 0.2) is 29.2 Å². The number of benzene rings is 1. The van der Waals surface area contributed by atoms with E-state index >= 15 is 0 Å². The number of hydrogen-bond donors (Lipinski definition) is 3. The molecule has 0 aromatic heterocycles. The summed E-state index contributed by atoms with van der Waals surface area (Å²) in [6.45, 7) is 3.05. The van der Waals surface area contributed by atoms with Crippen molar-refractivity contribution in [3.8, 4) is 0 Å². The molecule has 0 heterocycles. The first-order valence-electron chi connectivity index (χ1n) is 8.49. The molecule has 2 atom stereocenters. The molecule has 0 radical (unpaired) electrons. The third-order valence-corrected chi connectivity index (χ3v) is 6.12. The lowest BCUT2D eigenvalue weighted by atomic mass is 10.2. The number of carbonyl (C=O) groups excluding carboxylic acids is 3. The molecule has 0 bridgehead atoms. The fourth-order valence-corrected chi connectivity index (χ4v) is 3.51. The Morgan fingerprint density at radius 1 is 1.11 bits per heavy atom. The van der Waals surface area contributed by atoms with Gasteiger partial charge in [-0.2, -0.15) is 4.31 Å². The molecule has 148 valence electrons. The highest BCUT2D eigenvalue weighted by Crippen LogP contribution is 2.37. The van der Waals surface area contributed by atoms with Crippen molar-refractivity contribution >= 4 is 27.7 Å². The second kappa shape index (κ2) is 8.49. The van der Waals surface area contributed by atoms with Gasteiger partial charge in [-0.1, -0.05) is 24.6 Å². The van der Waals surface area contributed by atoms with Crippen molar-refractivity contribution in [2.45, 2.75) is 25.2 Å². The van der Waals surface area contributed by atoms with E-state index in [-0.39, 0.29) is 23.3 Å². The maximum absolute atomic E-state index is 12.4. The van der Waals surface area contributed by atoms with Gasteiger partial charge in [0.2, 0.25) is 15.9 Å². The Morgan fingerprint density at radius 2 is 1.67 bits per heavy atom. The Balaban J connectivity index is 1.76. The Hall–Kier alpha value is -2.46. The van der Waals surface area contributed by atoms with Gasteiger partial charge in [0.25, 0.3) is 11.8 Å². The molecule has 9 nitrogen and oxygen atoms in total. The number of rotatable bonds is 7. The molecule has 1 aromatic carbocycles. The van der Waals surface area contributed by atoms with Gasteiger partial charge < -0.3 is 5.32 Å². The summed E-state index contributed by atoms with van der Waals surface area (Å²) < 4.78 is 25.7. The van der Waals surface area contributed by atoms with E-state index in [0.717, 1.165) is 16.3 Å².